The molecule has 0 aliphatic carbocycles. The second-order valence-electron chi connectivity index (χ2n) is 24.9. The average Bonchev–Trinajstić information content (AvgIpc) is 3.45. The number of allylic oxidation sites excluding steroid dienone is 2. The lowest BCUT2D eigenvalue weighted by molar-refractivity contribution is -0.167. The standard InChI is InChI=1S/C73H140O6/c1-4-7-10-13-16-19-22-25-26-27-28-29-30-31-32-33-34-35-36-37-38-39-40-41-42-43-44-45-46-49-51-54-57-60-63-66-72(75)78-69-70(79-73(76)67-64-61-58-55-52-48-24-21-18-15-12-9-6-3)68-77-71(74)65-62-59-56-53-50-47-23-20-17-14-11-8-5-2/h27-28,70H,4-26,29-69H2,1-3H3/b28-27-. The van der Waals surface area contributed by atoms with Gasteiger partial charge in [-0.1, -0.05) is 367 Å². The van der Waals surface area contributed by atoms with Crippen molar-refractivity contribution < 1.29 is 28.6 Å². The van der Waals surface area contributed by atoms with Gasteiger partial charge in [0.25, 0.3) is 0 Å². The van der Waals surface area contributed by atoms with Crippen LogP contribution in [0.25, 0.3) is 0 Å². The van der Waals surface area contributed by atoms with Gasteiger partial charge < -0.3 is 14.2 Å². The monoisotopic (exact) mass is 1110 g/mol. The number of rotatable bonds is 68. The van der Waals surface area contributed by atoms with E-state index in [4.69, 9.17) is 14.2 Å². The van der Waals surface area contributed by atoms with E-state index in [0.29, 0.717) is 19.3 Å². The lowest BCUT2D eigenvalue weighted by Crippen LogP contribution is -2.30. The van der Waals surface area contributed by atoms with Crippen LogP contribution in [0.3, 0.4) is 0 Å². The summed E-state index contributed by atoms with van der Waals surface area (Å²) in [5.41, 5.74) is 0. The molecule has 0 aliphatic rings. The Hall–Kier alpha value is -1.85. The van der Waals surface area contributed by atoms with Crippen molar-refractivity contribution >= 4 is 17.9 Å². The first-order valence-electron chi connectivity index (χ1n) is 36.2. The highest BCUT2D eigenvalue weighted by Crippen LogP contribution is 2.19. The number of hydrogen-bond donors (Lipinski definition) is 0. The second-order valence-corrected chi connectivity index (χ2v) is 24.9. The Kier molecular flexibility index (Phi) is 67.0. The summed E-state index contributed by atoms with van der Waals surface area (Å²) < 4.78 is 17.0. The van der Waals surface area contributed by atoms with Crippen molar-refractivity contribution in [1.82, 2.24) is 0 Å². The smallest absolute Gasteiger partial charge is 0.306 e. The summed E-state index contributed by atoms with van der Waals surface area (Å²) in [6, 6.07) is 0. The minimum absolute atomic E-state index is 0.0618. The topological polar surface area (TPSA) is 78.9 Å². The van der Waals surface area contributed by atoms with E-state index in [2.05, 4.69) is 32.9 Å². The van der Waals surface area contributed by atoms with Crippen LogP contribution in [0.2, 0.25) is 0 Å². The van der Waals surface area contributed by atoms with Crippen LogP contribution in [-0.4, -0.2) is 37.2 Å². The maximum Gasteiger partial charge on any atom is 0.306 e. The predicted octanol–water partition coefficient (Wildman–Crippen LogP) is 24.8. The van der Waals surface area contributed by atoms with Crippen molar-refractivity contribution in [2.75, 3.05) is 13.2 Å². The van der Waals surface area contributed by atoms with E-state index in [-0.39, 0.29) is 31.1 Å². The molecule has 468 valence electrons. The van der Waals surface area contributed by atoms with E-state index < -0.39 is 6.10 Å². The molecule has 0 rings (SSSR count). The lowest BCUT2D eigenvalue weighted by atomic mass is 10.0. The summed E-state index contributed by atoms with van der Waals surface area (Å²) in [6.07, 6.45) is 82.7. The molecule has 0 N–H and O–H groups in total. The molecule has 0 bridgehead atoms. The molecule has 6 heteroatoms. The molecule has 0 saturated heterocycles. The number of carbonyl (C=O) groups excluding carboxylic acids is 3. The Bertz CT molecular complexity index is 1230. The second kappa shape index (κ2) is 68.6. The molecule has 0 aromatic heterocycles. The largest absolute Gasteiger partial charge is 0.462 e. The number of hydrogen-bond acceptors (Lipinski definition) is 6. The minimum Gasteiger partial charge on any atom is -0.462 e. The normalized spacial score (nSPS) is 12.0. The number of unbranched alkanes of at least 4 members (excludes halogenated alkanes) is 55. The molecule has 79 heavy (non-hydrogen) atoms. The van der Waals surface area contributed by atoms with E-state index in [0.717, 1.165) is 57.8 Å². The van der Waals surface area contributed by atoms with Crippen molar-refractivity contribution in [3.05, 3.63) is 12.2 Å². The number of ether oxygens (including phenoxy) is 3. The Morgan fingerprint density at radius 3 is 0.633 bits per heavy atom. The van der Waals surface area contributed by atoms with Crippen LogP contribution < -0.4 is 0 Å². The van der Waals surface area contributed by atoms with E-state index in [1.165, 1.54) is 321 Å². The van der Waals surface area contributed by atoms with E-state index in [1.807, 2.05) is 0 Å². The Morgan fingerprint density at radius 1 is 0.241 bits per heavy atom. The fraction of sp³-hybridized carbons (Fsp3) is 0.932. The van der Waals surface area contributed by atoms with Crippen LogP contribution in [-0.2, 0) is 28.6 Å². The molecule has 0 aliphatic heterocycles. The van der Waals surface area contributed by atoms with E-state index >= 15 is 0 Å². The molecular weight excluding hydrogens is 973 g/mol. The van der Waals surface area contributed by atoms with Crippen LogP contribution in [0.4, 0.5) is 0 Å². The van der Waals surface area contributed by atoms with Crippen molar-refractivity contribution in [3.63, 3.8) is 0 Å². The van der Waals surface area contributed by atoms with Gasteiger partial charge in [-0.25, -0.2) is 0 Å². The molecule has 0 aromatic carbocycles. The number of carbonyl (C=O) groups is 3. The van der Waals surface area contributed by atoms with Gasteiger partial charge in [-0.2, -0.15) is 0 Å². The summed E-state index contributed by atoms with van der Waals surface area (Å²) >= 11 is 0. The highest BCUT2D eigenvalue weighted by molar-refractivity contribution is 5.71. The first-order valence-corrected chi connectivity index (χ1v) is 36.2. The van der Waals surface area contributed by atoms with Gasteiger partial charge in [-0.3, -0.25) is 14.4 Å². The van der Waals surface area contributed by atoms with Crippen molar-refractivity contribution in [2.45, 2.75) is 425 Å². The van der Waals surface area contributed by atoms with Crippen LogP contribution in [0.15, 0.2) is 12.2 Å². The van der Waals surface area contributed by atoms with Crippen molar-refractivity contribution in [2.24, 2.45) is 0 Å². The van der Waals surface area contributed by atoms with Gasteiger partial charge in [0.1, 0.15) is 13.2 Å². The third kappa shape index (κ3) is 66.8. The third-order valence-corrected chi connectivity index (χ3v) is 16.8. The summed E-state index contributed by atoms with van der Waals surface area (Å²) in [4.78, 5) is 38.3. The van der Waals surface area contributed by atoms with Crippen LogP contribution in [0, 0.1) is 0 Å². The Morgan fingerprint density at radius 2 is 0.418 bits per heavy atom. The predicted molar refractivity (Wildman–Crippen MR) is 344 cm³/mol. The quantitative estimate of drug-likeness (QED) is 0.0261. The molecule has 0 heterocycles. The Balaban J connectivity index is 3.99. The summed E-state index contributed by atoms with van der Waals surface area (Å²) in [5.74, 6) is -0.828. The first-order chi connectivity index (χ1) is 39.0. The fourth-order valence-corrected chi connectivity index (χ4v) is 11.3. The zero-order valence-corrected chi connectivity index (χ0v) is 53.9. The summed E-state index contributed by atoms with van der Waals surface area (Å²) in [5, 5.41) is 0. The molecular formula is C73H140O6. The molecule has 0 aromatic rings. The third-order valence-electron chi connectivity index (χ3n) is 16.8. The zero-order valence-electron chi connectivity index (χ0n) is 53.9. The van der Waals surface area contributed by atoms with Gasteiger partial charge in [-0.15, -0.1) is 0 Å². The van der Waals surface area contributed by atoms with Gasteiger partial charge in [0, 0.05) is 19.3 Å². The molecule has 1 atom stereocenters. The molecule has 0 saturated carbocycles. The van der Waals surface area contributed by atoms with Crippen LogP contribution in [0.5, 0.6) is 0 Å². The molecule has 6 nitrogen and oxygen atoms in total. The molecule has 0 spiro atoms. The molecule has 0 fully saturated rings. The van der Waals surface area contributed by atoms with Crippen LogP contribution >= 0.6 is 0 Å². The Labute approximate surface area is 494 Å². The average molecular weight is 1110 g/mol. The molecule has 1 unspecified atom stereocenters. The van der Waals surface area contributed by atoms with Gasteiger partial charge in [0.15, 0.2) is 6.10 Å². The lowest BCUT2D eigenvalue weighted by Gasteiger charge is -2.18. The maximum atomic E-state index is 12.9. The highest BCUT2D eigenvalue weighted by atomic mass is 16.6. The molecule has 0 radical (unpaired) electrons. The highest BCUT2D eigenvalue weighted by Gasteiger charge is 2.19. The first kappa shape index (κ1) is 77.2. The van der Waals surface area contributed by atoms with Gasteiger partial charge in [0.2, 0.25) is 0 Å². The van der Waals surface area contributed by atoms with Gasteiger partial charge in [0.05, 0.1) is 0 Å². The van der Waals surface area contributed by atoms with Crippen molar-refractivity contribution in [3.8, 4) is 0 Å². The maximum absolute atomic E-state index is 12.9. The number of esters is 3. The van der Waals surface area contributed by atoms with Gasteiger partial charge in [-0.05, 0) is 44.9 Å². The zero-order chi connectivity index (χ0) is 57.1. The van der Waals surface area contributed by atoms with E-state index in [9.17, 15) is 14.4 Å². The minimum atomic E-state index is -0.763. The summed E-state index contributed by atoms with van der Waals surface area (Å²) in [7, 11) is 0. The SMILES string of the molecule is CCCCCCCCCC/C=C\CCCCCCCCCCCCCCCCCCCCCCCCCC(=O)OCC(COC(=O)CCCCCCCCCCCCCCC)OC(=O)CCCCCCCCCCCCCCC. The van der Waals surface area contributed by atoms with Gasteiger partial charge >= 0.3 is 17.9 Å². The fourth-order valence-electron chi connectivity index (χ4n) is 11.3. The van der Waals surface area contributed by atoms with E-state index in [1.54, 1.807) is 0 Å². The molecule has 0 amide bonds. The van der Waals surface area contributed by atoms with Crippen LogP contribution in [0.1, 0.15) is 419 Å². The summed E-state index contributed by atoms with van der Waals surface area (Å²) in [6.45, 7) is 6.72. The van der Waals surface area contributed by atoms with Crippen molar-refractivity contribution in [1.29, 1.82) is 0 Å².